The highest BCUT2D eigenvalue weighted by Gasteiger charge is 2.15. The number of carbonyl (C=O) groups excluding carboxylic acids is 1. The second-order valence-electron chi connectivity index (χ2n) is 5.25. The molecule has 1 aliphatic heterocycles. The van der Waals surface area contributed by atoms with Crippen molar-refractivity contribution >= 4 is 11.9 Å². The van der Waals surface area contributed by atoms with E-state index in [4.69, 9.17) is 4.74 Å². The van der Waals surface area contributed by atoms with Crippen molar-refractivity contribution in [2.45, 2.75) is 6.42 Å². The maximum absolute atomic E-state index is 12.1. The Balaban J connectivity index is 1.88. The first kappa shape index (κ1) is 15.7. The number of anilines is 1. The number of amides is 1. The number of rotatable bonds is 6. The molecule has 1 aromatic heterocycles. The Hall–Kier alpha value is -1.73. The van der Waals surface area contributed by atoms with Gasteiger partial charge in [0, 0.05) is 25.8 Å². The van der Waals surface area contributed by atoms with Gasteiger partial charge in [0.2, 0.25) is 5.95 Å². The first-order valence-corrected chi connectivity index (χ1v) is 7.25. The van der Waals surface area contributed by atoms with Gasteiger partial charge in [-0.2, -0.15) is 0 Å². The van der Waals surface area contributed by atoms with E-state index in [2.05, 4.69) is 20.2 Å². The molecule has 7 nitrogen and oxygen atoms in total. The highest BCUT2D eigenvalue weighted by molar-refractivity contribution is 5.92. The Morgan fingerprint density at radius 1 is 1.43 bits per heavy atom. The Bertz CT molecular complexity index is 460. The van der Waals surface area contributed by atoms with Crippen molar-refractivity contribution in [1.82, 2.24) is 20.2 Å². The molecular formula is C14H23N5O2. The van der Waals surface area contributed by atoms with Gasteiger partial charge in [-0.3, -0.25) is 4.79 Å². The molecule has 0 atom stereocenters. The minimum Gasteiger partial charge on any atom is -0.378 e. The second-order valence-corrected chi connectivity index (χ2v) is 5.25. The van der Waals surface area contributed by atoms with E-state index in [0.29, 0.717) is 31.4 Å². The summed E-state index contributed by atoms with van der Waals surface area (Å²) in [5.41, 5.74) is 0.413. The molecule has 2 heterocycles. The highest BCUT2D eigenvalue weighted by atomic mass is 16.5. The highest BCUT2D eigenvalue weighted by Crippen LogP contribution is 2.09. The van der Waals surface area contributed by atoms with Crippen LogP contribution in [-0.2, 0) is 4.74 Å². The standard InChI is InChI=1S/C14H23N5O2/c1-18(2)7-3-5-15-13(20)12-4-6-16-14(17-12)19-8-10-21-11-9-19/h4,6H,3,5,7-11H2,1-2H3,(H,15,20). The molecule has 116 valence electrons. The van der Waals surface area contributed by atoms with Crippen molar-refractivity contribution in [2.75, 3.05) is 58.4 Å². The van der Waals surface area contributed by atoms with Crippen LogP contribution in [0.15, 0.2) is 12.3 Å². The molecular weight excluding hydrogens is 270 g/mol. The lowest BCUT2D eigenvalue weighted by Gasteiger charge is -2.26. The zero-order valence-electron chi connectivity index (χ0n) is 12.7. The fraction of sp³-hybridized carbons (Fsp3) is 0.643. The van der Waals surface area contributed by atoms with Gasteiger partial charge in [0.25, 0.3) is 5.91 Å². The van der Waals surface area contributed by atoms with Crippen molar-refractivity contribution < 1.29 is 9.53 Å². The molecule has 0 aromatic carbocycles. The van der Waals surface area contributed by atoms with E-state index < -0.39 is 0 Å². The largest absolute Gasteiger partial charge is 0.378 e. The molecule has 0 saturated carbocycles. The fourth-order valence-electron chi connectivity index (χ4n) is 2.08. The number of morpholine rings is 1. The summed E-state index contributed by atoms with van der Waals surface area (Å²) in [4.78, 5) is 24.8. The molecule has 0 unspecified atom stereocenters. The summed E-state index contributed by atoms with van der Waals surface area (Å²) in [5, 5.41) is 2.89. The summed E-state index contributed by atoms with van der Waals surface area (Å²) >= 11 is 0. The average Bonchev–Trinajstić information content (AvgIpc) is 2.52. The molecule has 1 N–H and O–H groups in total. The van der Waals surface area contributed by atoms with Crippen LogP contribution in [0.1, 0.15) is 16.9 Å². The molecule has 1 fully saturated rings. The van der Waals surface area contributed by atoms with Gasteiger partial charge < -0.3 is 19.9 Å². The van der Waals surface area contributed by atoms with Crippen LogP contribution >= 0.6 is 0 Å². The van der Waals surface area contributed by atoms with Crippen LogP contribution < -0.4 is 10.2 Å². The number of aromatic nitrogens is 2. The van der Waals surface area contributed by atoms with Crippen LogP contribution in [0.5, 0.6) is 0 Å². The number of nitrogens with one attached hydrogen (secondary N) is 1. The van der Waals surface area contributed by atoms with Crippen LogP contribution in [0.2, 0.25) is 0 Å². The molecule has 0 radical (unpaired) electrons. The van der Waals surface area contributed by atoms with E-state index in [9.17, 15) is 4.79 Å². The van der Waals surface area contributed by atoms with Gasteiger partial charge in [0.15, 0.2) is 0 Å². The zero-order valence-corrected chi connectivity index (χ0v) is 12.7. The first-order chi connectivity index (χ1) is 10.2. The molecule has 21 heavy (non-hydrogen) atoms. The zero-order chi connectivity index (χ0) is 15.1. The Labute approximate surface area is 125 Å². The second kappa shape index (κ2) is 7.90. The Kier molecular flexibility index (Phi) is 5.89. The maximum atomic E-state index is 12.1. The van der Waals surface area contributed by atoms with E-state index in [1.807, 2.05) is 19.0 Å². The summed E-state index contributed by atoms with van der Waals surface area (Å²) in [6.07, 6.45) is 2.55. The van der Waals surface area contributed by atoms with Gasteiger partial charge in [0.1, 0.15) is 5.69 Å². The van der Waals surface area contributed by atoms with Crippen LogP contribution in [-0.4, -0.2) is 74.3 Å². The van der Waals surface area contributed by atoms with Gasteiger partial charge in [-0.1, -0.05) is 0 Å². The summed E-state index contributed by atoms with van der Waals surface area (Å²) in [5.74, 6) is 0.449. The van der Waals surface area contributed by atoms with Crippen molar-refractivity contribution in [2.24, 2.45) is 0 Å². The fourth-order valence-corrected chi connectivity index (χ4v) is 2.08. The van der Waals surface area contributed by atoms with Gasteiger partial charge in [0.05, 0.1) is 13.2 Å². The molecule has 0 spiro atoms. The minimum atomic E-state index is -0.148. The van der Waals surface area contributed by atoms with Gasteiger partial charge in [-0.25, -0.2) is 9.97 Å². The van der Waals surface area contributed by atoms with Gasteiger partial charge in [-0.05, 0) is 33.1 Å². The average molecular weight is 293 g/mol. The van der Waals surface area contributed by atoms with Crippen molar-refractivity contribution in [3.63, 3.8) is 0 Å². The SMILES string of the molecule is CN(C)CCCNC(=O)c1ccnc(N2CCOCC2)n1. The molecule has 7 heteroatoms. The molecule has 0 aliphatic carbocycles. The molecule has 1 amide bonds. The van der Waals surface area contributed by atoms with Crippen LogP contribution in [0.25, 0.3) is 0 Å². The van der Waals surface area contributed by atoms with Crippen LogP contribution in [0.4, 0.5) is 5.95 Å². The van der Waals surface area contributed by atoms with E-state index in [1.54, 1.807) is 12.3 Å². The van der Waals surface area contributed by atoms with E-state index in [0.717, 1.165) is 26.1 Å². The number of ether oxygens (including phenoxy) is 1. The maximum Gasteiger partial charge on any atom is 0.270 e. The summed E-state index contributed by atoms with van der Waals surface area (Å²) in [6.45, 7) is 4.45. The lowest BCUT2D eigenvalue weighted by atomic mass is 10.3. The summed E-state index contributed by atoms with van der Waals surface area (Å²) in [7, 11) is 4.03. The smallest absolute Gasteiger partial charge is 0.270 e. The summed E-state index contributed by atoms with van der Waals surface area (Å²) < 4.78 is 5.30. The predicted molar refractivity (Wildman–Crippen MR) is 80.6 cm³/mol. The number of nitrogens with zero attached hydrogens (tertiary/aromatic N) is 4. The number of carbonyl (C=O) groups is 1. The monoisotopic (exact) mass is 293 g/mol. The van der Waals surface area contributed by atoms with Crippen molar-refractivity contribution in [1.29, 1.82) is 0 Å². The molecule has 2 rings (SSSR count). The number of hydrogen-bond acceptors (Lipinski definition) is 6. The topological polar surface area (TPSA) is 70.6 Å². The lowest BCUT2D eigenvalue weighted by Crippen LogP contribution is -2.37. The molecule has 1 saturated heterocycles. The van der Waals surface area contributed by atoms with Crippen LogP contribution in [0, 0.1) is 0 Å². The quantitative estimate of drug-likeness (QED) is 0.744. The minimum absolute atomic E-state index is 0.148. The third-order valence-electron chi connectivity index (χ3n) is 3.24. The summed E-state index contributed by atoms with van der Waals surface area (Å²) in [6, 6.07) is 1.64. The van der Waals surface area contributed by atoms with Crippen molar-refractivity contribution in [3.05, 3.63) is 18.0 Å². The molecule has 1 aliphatic rings. The normalized spacial score (nSPS) is 15.3. The predicted octanol–water partition coefficient (Wildman–Crippen LogP) is -0.00530. The third kappa shape index (κ3) is 4.95. The Morgan fingerprint density at radius 3 is 2.90 bits per heavy atom. The van der Waals surface area contributed by atoms with Gasteiger partial charge in [-0.15, -0.1) is 0 Å². The van der Waals surface area contributed by atoms with E-state index >= 15 is 0 Å². The van der Waals surface area contributed by atoms with E-state index in [-0.39, 0.29) is 5.91 Å². The number of hydrogen-bond donors (Lipinski definition) is 1. The molecule has 1 aromatic rings. The van der Waals surface area contributed by atoms with Crippen LogP contribution in [0.3, 0.4) is 0 Å². The van der Waals surface area contributed by atoms with E-state index in [1.165, 1.54) is 0 Å². The van der Waals surface area contributed by atoms with Crippen molar-refractivity contribution in [3.8, 4) is 0 Å². The first-order valence-electron chi connectivity index (χ1n) is 7.25. The van der Waals surface area contributed by atoms with Gasteiger partial charge >= 0.3 is 0 Å². The lowest BCUT2D eigenvalue weighted by molar-refractivity contribution is 0.0947. The third-order valence-corrected chi connectivity index (χ3v) is 3.24. The Morgan fingerprint density at radius 2 is 2.19 bits per heavy atom. The molecule has 0 bridgehead atoms.